The molecule has 3 aromatic carbocycles. The molecule has 0 saturated carbocycles. The minimum Gasteiger partial charge on any atom is -0.484 e. The molecule has 1 saturated heterocycles. The van der Waals surface area contributed by atoms with Crippen molar-refractivity contribution in [2.75, 3.05) is 13.2 Å². The lowest BCUT2D eigenvalue weighted by molar-refractivity contribution is -0.134. The summed E-state index contributed by atoms with van der Waals surface area (Å²) in [5, 5.41) is 0. The fraction of sp³-hybridized carbons (Fsp3) is 0.231. The van der Waals surface area contributed by atoms with E-state index < -0.39 is 0 Å². The molecule has 0 spiro atoms. The number of amides is 1. The van der Waals surface area contributed by atoms with Crippen LogP contribution in [-0.2, 0) is 4.79 Å². The molecule has 2 heterocycles. The van der Waals surface area contributed by atoms with Gasteiger partial charge in [-0.25, -0.2) is 9.37 Å². The number of para-hydroxylation sites is 1. The first-order chi connectivity index (χ1) is 15.6. The highest BCUT2D eigenvalue weighted by molar-refractivity contribution is 5.81. The summed E-state index contributed by atoms with van der Waals surface area (Å²) in [6.07, 6.45) is 1.69. The van der Waals surface area contributed by atoms with Crippen molar-refractivity contribution in [3.8, 4) is 16.9 Å². The van der Waals surface area contributed by atoms with E-state index in [4.69, 9.17) is 14.1 Å². The molecule has 5 rings (SSSR count). The van der Waals surface area contributed by atoms with E-state index in [9.17, 15) is 9.18 Å². The fourth-order valence-electron chi connectivity index (χ4n) is 4.16. The summed E-state index contributed by atoms with van der Waals surface area (Å²) in [6.45, 7) is 2.38. The number of hydrogen-bond donors (Lipinski definition) is 0. The van der Waals surface area contributed by atoms with Gasteiger partial charge in [-0.3, -0.25) is 4.79 Å². The third kappa shape index (κ3) is 3.96. The van der Waals surface area contributed by atoms with Gasteiger partial charge in [-0.1, -0.05) is 30.3 Å². The van der Waals surface area contributed by atoms with Crippen LogP contribution in [0.4, 0.5) is 4.39 Å². The highest BCUT2D eigenvalue weighted by atomic mass is 19.1. The monoisotopic (exact) mass is 430 g/mol. The Kier molecular flexibility index (Phi) is 5.35. The second-order valence-corrected chi connectivity index (χ2v) is 8.05. The lowest BCUT2D eigenvalue weighted by Gasteiger charge is -2.22. The summed E-state index contributed by atoms with van der Waals surface area (Å²) in [5.41, 5.74) is 3.85. The van der Waals surface area contributed by atoms with E-state index in [0.29, 0.717) is 29.3 Å². The predicted octanol–water partition coefficient (Wildman–Crippen LogP) is 5.68. The van der Waals surface area contributed by atoms with Crippen LogP contribution in [0.2, 0.25) is 0 Å². The molecule has 1 aliphatic heterocycles. The van der Waals surface area contributed by atoms with Gasteiger partial charge >= 0.3 is 0 Å². The lowest BCUT2D eigenvalue weighted by Crippen LogP contribution is -2.34. The van der Waals surface area contributed by atoms with E-state index in [1.54, 1.807) is 17.9 Å². The smallest absolute Gasteiger partial charge is 0.261 e. The van der Waals surface area contributed by atoms with Gasteiger partial charge in [0, 0.05) is 6.54 Å². The van der Waals surface area contributed by atoms with Gasteiger partial charge < -0.3 is 14.1 Å². The second kappa shape index (κ2) is 8.46. The number of carbonyl (C=O) groups is 1. The van der Waals surface area contributed by atoms with Crippen LogP contribution in [0, 0.1) is 12.7 Å². The van der Waals surface area contributed by atoms with Crippen molar-refractivity contribution in [3.63, 3.8) is 0 Å². The van der Waals surface area contributed by atoms with Gasteiger partial charge in [-0.2, -0.15) is 0 Å². The van der Waals surface area contributed by atoms with Crippen molar-refractivity contribution in [3.05, 3.63) is 84.0 Å². The Balaban J connectivity index is 1.36. The van der Waals surface area contributed by atoms with Crippen LogP contribution >= 0.6 is 0 Å². The number of fused-ring (bicyclic) bond motifs is 1. The van der Waals surface area contributed by atoms with E-state index in [1.165, 1.54) is 6.07 Å². The Labute approximate surface area is 185 Å². The number of nitrogens with zero attached hydrogens (tertiary/aromatic N) is 2. The van der Waals surface area contributed by atoms with Crippen molar-refractivity contribution in [2.24, 2.45) is 0 Å². The highest BCUT2D eigenvalue weighted by Crippen LogP contribution is 2.34. The summed E-state index contributed by atoms with van der Waals surface area (Å²) in [6, 6.07) is 19.9. The molecule has 0 aliphatic carbocycles. The van der Waals surface area contributed by atoms with Gasteiger partial charge in [0.05, 0.1) is 0 Å². The maximum atomic E-state index is 13.6. The van der Waals surface area contributed by atoms with Crippen LogP contribution in [0.5, 0.6) is 5.75 Å². The summed E-state index contributed by atoms with van der Waals surface area (Å²) >= 11 is 0. The van der Waals surface area contributed by atoms with Crippen LogP contribution in [0.3, 0.4) is 0 Å². The van der Waals surface area contributed by atoms with Crippen LogP contribution in [0.25, 0.3) is 22.2 Å². The third-order valence-electron chi connectivity index (χ3n) is 5.86. The Morgan fingerprint density at radius 1 is 1.12 bits per heavy atom. The Morgan fingerprint density at radius 2 is 1.91 bits per heavy atom. The molecule has 32 heavy (non-hydrogen) atoms. The normalized spacial score (nSPS) is 15.9. The molecule has 1 unspecified atom stereocenters. The average Bonchev–Trinajstić information content (AvgIpc) is 3.46. The molecule has 0 N–H and O–H groups in total. The number of aryl methyl sites for hydroxylation is 1. The van der Waals surface area contributed by atoms with Gasteiger partial charge in [0.1, 0.15) is 23.1 Å². The molecule has 1 atom stereocenters. The van der Waals surface area contributed by atoms with Gasteiger partial charge in [-0.15, -0.1) is 0 Å². The SMILES string of the molecule is Cc1cc(-c2ccc3oc(C4CCCN4C(=O)COc4ccccc4)nc3c2)ccc1F. The average molecular weight is 430 g/mol. The molecule has 1 aromatic heterocycles. The molecular weight excluding hydrogens is 407 g/mol. The zero-order chi connectivity index (χ0) is 22.1. The topological polar surface area (TPSA) is 55.6 Å². The van der Waals surface area contributed by atoms with E-state index in [1.807, 2.05) is 54.6 Å². The number of oxazole rings is 1. The zero-order valence-electron chi connectivity index (χ0n) is 17.8. The van der Waals surface area contributed by atoms with Crippen molar-refractivity contribution in [1.29, 1.82) is 0 Å². The molecule has 5 nitrogen and oxygen atoms in total. The first-order valence-electron chi connectivity index (χ1n) is 10.7. The minimum atomic E-state index is -0.221. The maximum Gasteiger partial charge on any atom is 0.261 e. The molecule has 1 amide bonds. The van der Waals surface area contributed by atoms with E-state index in [-0.39, 0.29) is 24.4 Å². The first-order valence-corrected chi connectivity index (χ1v) is 10.7. The van der Waals surface area contributed by atoms with Crippen molar-refractivity contribution in [1.82, 2.24) is 9.88 Å². The molecular formula is C26H23FN2O3. The van der Waals surface area contributed by atoms with Crippen LogP contribution < -0.4 is 4.74 Å². The Bertz CT molecular complexity index is 1270. The van der Waals surface area contributed by atoms with Gasteiger partial charge in [-0.05, 0) is 72.9 Å². The minimum absolute atomic E-state index is 0.0190. The first kappa shape index (κ1) is 20.2. The number of ether oxygens (including phenoxy) is 1. The van der Waals surface area contributed by atoms with E-state index in [0.717, 1.165) is 29.5 Å². The standard InChI is InChI=1S/C26H23FN2O3/c1-17-14-18(9-11-21(17)27)19-10-12-24-22(15-19)28-26(32-24)23-8-5-13-29(23)25(30)16-31-20-6-3-2-4-7-20/h2-4,6-7,9-12,14-15,23H,5,8,13,16H2,1H3. The van der Waals surface area contributed by atoms with Gasteiger partial charge in [0.2, 0.25) is 5.89 Å². The fourth-order valence-corrected chi connectivity index (χ4v) is 4.16. The molecule has 0 bridgehead atoms. The summed E-state index contributed by atoms with van der Waals surface area (Å²) in [5.74, 6) is 0.905. The summed E-state index contributed by atoms with van der Waals surface area (Å²) in [4.78, 5) is 19.3. The van der Waals surface area contributed by atoms with E-state index in [2.05, 4.69) is 0 Å². The van der Waals surface area contributed by atoms with Gasteiger partial charge in [0.25, 0.3) is 5.91 Å². The van der Waals surface area contributed by atoms with Crippen molar-refractivity contribution >= 4 is 17.0 Å². The molecule has 1 aliphatic rings. The molecule has 0 radical (unpaired) electrons. The van der Waals surface area contributed by atoms with Crippen molar-refractivity contribution in [2.45, 2.75) is 25.8 Å². The second-order valence-electron chi connectivity index (χ2n) is 8.05. The number of hydrogen-bond acceptors (Lipinski definition) is 4. The van der Waals surface area contributed by atoms with E-state index >= 15 is 0 Å². The number of likely N-dealkylation sites (tertiary alicyclic amines) is 1. The molecule has 1 fully saturated rings. The van der Waals surface area contributed by atoms with Crippen LogP contribution in [0.15, 0.2) is 71.1 Å². The zero-order valence-corrected chi connectivity index (χ0v) is 17.8. The number of rotatable bonds is 5. The number of halogens is 1. The summed E-state index contributed by atoms with van der Waals surface area (Å²) < 4.78 is 25.3. The predicted molar refractivity (Wildman–Crippen MR) is 120 cm³/mol. The number of benzene rings is 3. The Hall–Kier alpha value is -3.67. The van der Waals surface area contributed by atoms with Crippen molar-refractivity contribution < 1.29 is 18.3 Å². The van der Waals surface area contributed by atoms with Crippen LogP contribution in [-0.4, -0.2) is 28.9 Å². The highest BCUT2D eigenvalue weighted by Gasteiger charge is 2.33. The third-order valence-corrected chi connectivity index (χ3v) is 5.86. The lowest BCUT2D eigenvalue weighted by atomic mass is 10.0. The largest absolute Gasteiger partial charge is 0.484 e. The Morgan fingerprint density at radius 3 is 2.72 bits per heavy atom. The van der Waals surface area contributed by atoms with Gasteiger partial charge in [0.15, 0.2) is 12.2 Å². The maximum absolute atomic E-state index is 13.6. The molecule has 162 valence electrons. The van der Waals surface area contributed by atoms with Crippen LogP contribution in [0.1, 0.15) is 30.3 Å². The number of aromatic nitrogens is 1. The molecule has 6 heteroatoms. The number of carbonyl (C=O) groups excluding carboxylic acids is 1. The molecule has 4 aromatic rings. The quantitative estimate of drug-likeness (QED) is 0.408. The summed E-state index contributed by atoms with van der Waals surface area (Å²) in [7, 11) is 0.